The molecule has 3 atom stereocenters. The van der Waals surface area contributed by atoms with Crippen LogP contribution in [0.15, 0.2) is 0 Å². The second-order valence-electron chi connectivity index (χ2n) is 5.03. The molecule has 2 unspecified atom stereocenters. The highest BCUT2D eigenvalue weighted by atomic mass is 16.3. The Kier molecular flexibility index (Phi) is 1.26. The quantitative estimate of drug-likeness (QED) is 0.567. The third-order valence-electron chi connectivity index (χ3n) is 4.46. The van der Waals surface area contributed by atoms with E-state index in [1.165, 1.54) is 12.8 Å². The van der Waals surface area contributed by atoms with E-state index in [2.05, 4.69) is 20.8 Å². The number of hydrogen-bond acceptors (Lipinski definition) is 1. The lowest BCUT2D eigenvalue weighted by Crippen LogP contribution is -2.66. The average molecular weight is 154 g/mol. The molecular formula is C10H18O. The van der Waals surface area contributed by atoms with Gasteiger partial charge in [-0.1, -0.05) is 20.8 Å². The third-order valence-corrected chi connectivity index (χ3v) is 4.46. The maximum absolute atomic E-state index is 10.2. The van der Waals surface area contributed by atoms with Crippen LogP contribution in [0.25, 0.3) is 0 Å². The highest BCUT2D eigenvalue weighted by Crippen LogP contribution is 2.63. The van der Waals surface area contributed by atoms with Crippen LogP contribution in [0, 0.1) is 17.3 Å². The summed E-state index contributed by atoms with van der Waals surface area (Å²) >= 11 is 0. The molecule has 3 rings (SSSR count). The molecule has 0 heterocycles. The van der Waals surface area contributed by atoms with Gasteiger partial charge in [0.1, 0.15) is 0 Å². The monoisotopic (exact) mass is 154 g/mol. The molecule has 0 aliphatic heterocycles. The predicted octanol–water partition coefficient (Wildman–Crippen LogP) is 2.19. The fraction of sp³-hybridized carbons (Fsp3) is 1.00. The normalized spacial score (nSPS) is 53.5. The van der Waals surface area contributed by atoms with E-state index < -0.39 is 0 Å². The zero-order chi connectivity index (χ0) is 8.28. The molecule has 3 saturated carbocycles. The summed E-state index contributed by atoms with van der Waals surface area (Å²) < 4.78 is 0. The first kappa shape index (κ1) is 7.60. The van der Waals surface area contributed by atoms with Crippen molar-refractivity contribution in [3.8, 4) is 0 Å². The summed E-state index contributed by atoms with van der Waals surface area (Å²) in [4.78, 5) is 0. The van der Waals surface area contributed by atoms with Crippen LogP contribution >= 0.6 is 0 Å². The van der Waals surface area contributed by atoms with Gasteiger partial charge in [0.05, 0.1) is 5.60 Å². The van der Waals surface area contributed by atoms with Crippen LogP contribution in [-0.2, 0) is 0 Å². The van der Waals surface area contributed by atoms with Gasteiger partial charge in [-0.25, -0.2) is 0 Å². The maximum Gasteiger partial charge on any atom is 0.0729 e. The smallest absolute Gasteiger partial charge is 0.0729 e. The standard InChI is InChI=1S/C10H18O/c1-7-4-5-8-6-10(7,11)9(8,2)3/h7-8,11H,4-6H2,1-3H3/t7?,8?,10-/m0/s1. The molecule has 1 N–H and O–H groups in total. The topological polar surface area (TPSA) is 20.2 Å². The zero-order valence-corrected chi connectivity index (χ0v) is 7.72. The Bertz CT molecular complexity index is 185. The minimum Gasteiger partial charge on any atom is -0.389 e. The van der Waals surface area contributed by atoms with Crippen LogP contribution in [0.2, 0.25) is 0 Å². The van der Waals surface area contributed by atoms with E-state index in [-0.39, 0.29) is 11.0 Å². The number of aliphatic hydroxyl groups is 1. The molecule has 3 fully saturated rings. The van der Waals surface area contributed by atoms with Crippen LogP contribution < -0.4 is 0 Å². The Labute approximate surface area is 68.8 Å². The molecule has 64 valence electrons. The Morgan fingerprint density at radius 1 is 1.27 bits per heavy atom. The minimum absolute atomic E-state index is 0.199. The van der Waals surface area contributed by atoms with E-state index in [9.17, 15) is 5.11 Å². The van der Waals surface area contributed by atoms with E-state index in [0.29, 0.717) is 5.92 Å². The number of fused-ring (bicyclic) bond motifs is 2. The second kappa shape index (κ2) is 1.82. The average Bonchev–Trinajstić information content (AvgIpc) is 1.94. The van der Waals surface area contributed by atoms with Crippen molar-refractivity contribution < 1.29 is 5.11 Å². The number of rotatable bonds is 0. The Balaban J connectivity index is 2.28. The highest BCUT2D eigenvalue weighted by Gasteiger charge is 2.63. The zero-order valence-electron chi connectivity index (χ0n) is 7.72. The van der Waals surface area contributed by atoms with Crippen LogP contribution in [0.1, 0.15) is 40.0 Å². The Morgan fingerprint density at radius 2 is 1.91 bits per heavy atom. The Hall–Kier alpha value is -0.0400. The summed E-state index contributed by atoms with van der Waals surface area (Å²) in [6.45, 7) is 6.63. The summed E-state index contributed by atoms with van der Waals surface area (Å²) in [5.41, 5.74) is -0.124. The van der Waals surface area contributed by atoms with E-state index in [1.54, 1.807) is 0 Å². The number of hydrogen-bond donors (Lipinski definition) is 1. The first-order valence-electron chi connectivity index (χ1n) is 4.71. The molecule has 0 amide bonds. The molecule has 0 aromatic carbocycles. The largest absolute Gasteiger partial charge is 0.389 e. The van der Waals surface area contributed by atoms with Crippen molar-refractivity contribution in [1.29, 1.82) is 0 Å². The Morgan fingerprint density at radius 3 is 2.27 bits per heavy atom. The molecule has 2 bridgehead atoms. The first-order valence-corrected chi connectivity index (χ1v) is 4.71. The molecule has 0 aromatic rings. The van der Waals surface area contributed by atoms with Crippen LogP contribution in [0.4, 0.5) is 0 Å². The lowest BCUT2D eigenvalue weighted by atomic mass is 9.43. The van der Waals surface area contributed by atoms with Crippen molar-refractivity contribution in [1.82, 2.24) is 0 Å². The molecule has 1 nitrogen and oxygen atoms in total. The minimum atomic E-state index is -0.323. The van der Waals surface area contributed by atoms with E-state index in [4.69, 9.17) is 0 Å². The molecule has 0 radical (unpaired) electrons. The van der Waals surface area contributed by atoms with Crippen molar-refractivity contribution in [2.45, 2.75) is 45.6 Å². The van der Waals surface area contributed by atoms with Gasteiger partial charge in [-0.3, -0.25) is 0 Å². The van der Waals surface area contributed by atoms with Gasteiger partial charge < -0.3 is 5.11 Å². The van der Waals surface area contributed by atoms with Gasteiger partial charge in [-0.05, 0) is 36.5 Å². The molecule has 0 saturated heterocycles. The maximum atomic E-state index is 10.2. The fourth-order valence-electron chi connectivity index (χ4n) is 3.11. The molecule has 3 aliphatic carbocycles. The van der Waals surface area contributed by atoms with Gasteiger partial charge in [0.15, 0.2) is 0 Å². The van der Waals surface area contributed by atoms with E-state index >= 15 is 0 Å². The van der Waals surface area contributed by atoms with Crippen LogP contribution in [-0.4, -0.2) is 10.7 Å². The van der Waals surface area contributed by atoms with Gasteiger partial charge in [-0.15, -0.1) is 0 Å². The highest BCUT2D eigenvalue weighted by molar-refractivity contribution is 5.13. The predicted molar refractivity (Wildman–Crippen MR) is 45.2 cm³/mol. The first-order chi connectivity index (χ1) is 4.98. The molecule has 11 heavy (non-hydrogen) atoms. The van der Waals surface area contributed by atoms with Crippen molar-refractivity contribution in [2.24, 2.45) is 17.3 Å². The van der Waals surface area contributed by atoms with Gasteiger partial charge in [0.25, 0.3) is 0 Å². The SMILES string of the molecule is CC1CCC2C[C@@]1(O)C2(C)C. The summed E-state index contributed by atoms with van der Waals surface area (Å²) in [6.07, 6.45) is 3.61. The van der Waals surface area contributed by atoms with Crippen molar-refractivity contribution in [2.75, 3.05) is 0 Å². The molecule has 0 spiro atoms. The van der Waals surface area contributed by atoms with E-state index in [0.717, 1.165) is 12.3 Å². The third kappa shape index (κ3) is 0.658. The van der Waals surface area contributed by atoms with Gasteiger partial charge >= 0.3 is 0 Å². The summed E-state index contributed by atoms with van der Waals surface area (Å²) in [7, 11) is 0. The van der Waals surface area contributed by atoms with Crippen molar-refractivity contribution >= 4 is 0 Å². The van der Waals surface area contributed by atoms with Gasteiger partial charge in [-0.2, -0.15) is 0 Å². The van der Waals surface area contributed by atoms with E-state index in [1.807, 2.05) is 0 Å². The molecule has 0 aromatic heterocycles. The van der Waals surface area contributed by atoms with Gasteiger partial charge in [0, 0.05) is 0 Å². The summed E-state index contributed by atoms with van der Waals surface area (Å²) in [6, 6.07) is 0. The summed E-state index contributed by atoms with van der Waals surface area (Å²) in [5.74, 6) is 1.31. The molecular weight excluding hydrogens is 136 g/mol. The van der Waals surface area contributed by atoms with Crippen molar-refractivity contribution in [3.63, 3.8) is 0 Å². The van der Waals surface area contributed by atoms with Crippen LogP contribution in [0.5, 0.6) is 0 Å². The van der Waals surface area contributed by atoms with Crippen molar-refractivity contribution in [3.05, 3.63) is 0 Å². The molecule has 3 aliphatic rings. The fourth-order valence-corrected chi connectivity index (χ4v) is 3.11. The second-order valence-corrected chi connectivity index (χ2v) is 5.03. The van der Waals surface area contributed by atoms with Gasteiger partial charge in [0.2, 0.25) is 0 Å². The summed E-state index contributed by atoms with van der Waals surface area (Å²) in [5, 5.41) is 10.2. The molecule has 1 heteroatoms. The van der Waals surface area contributed by atoms with Crippen LogP contribution in [0.3, 0.4) is 0 Å². The lowest BCUT2D eigenvalue weighted by molar-refractivity contribution is -0.251. The lowest BCUT2D eigenvalue weighted by Gasteiger charge is -2.65.